The SMILES string of the molecule is O=C1OCCN1CCOCc1ccccc1. The van der Waals surface area contributed by atoms with E-state index in [1.807, 2.05) is 30.3 Å². The molecule has 1 aliphatic heterocycles. The van der Waals surface area contributed by atoms with E-state index in [1.54, 1.807) is 4.90 Å². The molecule has 1 saturated heterocycles. The molecule has 1 aliphatic rings. The van der Waals surface area contributed by atoms with Gasteiger partial charge in [0.2, 0.25) is 0 Å². The lowest BCUT2D eigenvalue weighted by Gasteiger charge is -2.12. The maximum Gasteiger partial charge on any atom is 0.410 e. The highest BCUT2D eigenvalue weighted by Gasteiger charge is 2.20. The van der Waals surface area contributed by atoms with Crippen molar-refractivity contribution in [2.24, 2.45) is 0 Å². The lowest BCUT2D eigenvalue weighted by Crippen LogP contribution is -2.28. The first-order valence-corrected chi connectivity index (χ1v) is 5.39. The van der Waals surface area contributed by atoms with Gasteiger partial charge in [0.05, 0.1) is 19.8 Å². The van der Waals surface area contributed by atoms with Crippen molar-refractivity contribution in [2.75, 3.05) is 26.3 Å². The van der Waals surface area contributed by atoms with Crippen molar-refractivity contribution in [2.45, 2.75) is 6.61 Å². The molecule has 4 heteroatoms. The van der Waals surface area contributed by atoms with Crippen molar-refractivity contribution in [3.8, 4) is 0 Å². The molecular formula is C12H15NO3. The van der Waals surface area contributed by atoms with Crippen LogP contribution in [-0.2, 0) is 16.1 Å². The van der Waals surface area contributed by atoms with Crippen LogP contribution in [0.15, 0.2) is 30.3 Å². The maximum atomic E-state index is 11.1. The van der Waals surface area contributed by atoms with Gasteiger partial charge in [-0.3, -0.25) is 0 Å². The lowest BCUT2D eigenvalue weighted by molar-refractivity contribution is 0.0991. The average Bonchev–Trinajstić information content (AvgIpc) is 2.72. The van der Waals surface area contributed by atoms with Crippen molar-refractivity contribution >= 4 is 6.09 Å². The Morgan fingerprint density at radius 2 is 2.12 bits per heavy atom. The highest BCUT2D eigenvalue weighted by Crippen LogP contribution is 2.04. The minimum atomic E-state index is -0.233. The molecule has 0 aliphatic carbocycles. The molecule has 0 N–H and O–H groups in total. The van der Waals surface area contributed by atoms with E-state index >= 15 is 0 Å². The zero-order valence-electron chi connectivity index (χ0n) is 9.09. The number of benzene rings is 1. The van der Waals surface area contributed by atoms with Crippen LogP contribution in [0.2, 0.25) is 0 Å². The second-order valence-electron chi connectivity index (χ2n) is 3.64. The van der Waals surface area contributed by atoms with E-state index in [1.165, 1.54) is 0 Å². The monoisotopic (exact) mass is 221 g/mol. The van der Waals surface area contributed by atoms with Crippen molar-refractivity contribution < 1.29 is 14.3 Å². The number of hydrogen-bond donors (Lipinski definition) is 0. The fourth-order valence-electron chi connectivity index (χ4n) is 1.57. The molecule has 1 heterocycles. The molecule has 1 amide bonds. The van der Waals surface area contributed by atoms with Crippen molar-refractivity contribution in [1.82, 2.24) is 4.90 Å². The zero-order valence-corrected chi connectivity index (χ0v) is 9.09. The van der Waals surface area contributed by atoms with Gasteiger partial charge in [-0.1, -0.05) is 30.3 Å². The first kappa shape index (κ1) is 11.0. The molecule has 1 fully saturated rings. The fourth-order valence-corrected chi connectivity index (χ4v) is 1.57. The van der Waals surface area contributed by atoms with Gasteiger partial charge in [0.15, 0.2) is 0 Å². The topological polar surface area (TPSA) is 38.8 Å². The number of cyclic esters (lactones) is 1. The Balaban J connectivity index is 1.64. The Bertz CT molecular complexity index is 339. The minimum Gasteiger partial charge on any atom is -0.448 e. The van der Waals surface area contributed by atoms with Crippen LogP contribution >= 0.6 is 0 Å². The van der Waals surface area contributed by atoms with Gasteiger partial charge in [-0.2, -0.15) is 0 Å². The second-order valence-corrected chi connectivity index (χ2v) is 3.64. The summed E-state index contributed by atoms with van der Waals surface area (Å²) < 4.78 is 10.3. The maximum absolute atomic E-state index is 11.1. The zero-order chi connectivity index (χ0) is 11.2. The van der Waals surface area contributed by atoms with Crippen LogP contribution in [0.25, 0.3) is 0 Å². The summed E-state index contributed by atoms with van der Waals surface area (Å²) >= 11 is 0. The Hall–Kier alpha value is -1.55. The molecule has 0 unspecified atom stereocenters. The molecule has 86 valence electrons. The Morgan fingerprint density at radius 3 is 2.81 bits per heavy atom. The van der Waals surface area contributed by atoms with Crippen LogP contribution < -0.4 is 0 Å². The lowest BCUT2D eigenvalue weighted by atomic mass is 10.2. The van der Waals surface area contributed by atoms with Gasteiger partial charge in [-0.05, 0) is 5.56 Å². The molecule has 0 saturated carbocycles. The first-order chi connectivity index (χ1) is 7.86. The Morgan fingerprint density at radius 1 is 1.31 bits per heavy atom. The smallest absolute Gasteiger partial charge is 0.410 e. The molecule has 0 radical (unpaired) electrons. The van der Waals surface area contributed by atoms with Gasteiger partial charge in [0.1, 0.15) is 6.61 Å². The van der Waals surface area contributed by atoms with Crippen LogP contribution in [0.3, 0.4) is 0 Å². The summed E-state index contributed by atoms with van der Waals surface area (Å²) in [5.74, 6) is 0. The number of nitrogens with zero attached hydrogens (tertiary/aromatic N) is 1. The van der Waals surface area contributed by atoms with Gasteiger partial charge >= 0.3 is 6.09 Å². The van der Waals surface area contributed by atoms with Gasteiger partial charge in [-0.25, -0.2) is 4.79 Å². The number of carbonyl (C=O) groups is 1. The van der Waals surface area contributed by atoms with E-state index in [0.29, 0.717) is 32.9 Å². The third-order valence-electron chi connectivity index (χ3n) is 2.46. The van der Waals surface area contributed by atoms with Gasteiger partial charge < -0.3 is 14.4 Å². The second kappa shape index (κ2) is 5.51. The summed E-state index contributed by atoms with van der Waals surface area (Å²) in [4.78, 5) is 12.7. The molecule has 0 spiro atoms. The van der Waals surface area contributed by atoms with E-state index in [0.717, 1.165) is 5.56 Å². The van der Waals surface area contributed by atoms with E-state index in [-0.39, 0.29) is 6.09 Å². The Kier molecular flexibility index (Phi) is 3.77. The van der Waals surface area contributed by atoms with Crippen LogP contribution in [-0.4, -0.2) is 37.3 Å². The van der Waals surface area contributed by atoms with E-state index in [9.17, 15) is 4.79 Å². The summed E-state index contributed by atoms with van der Waals surface area (Å²) in [6, 6.07) is 9.98. The highest BCUT2D eigenvalue weighted by molar-refractivity contribution is 5.69. The van der Waals surface area contributed by atoms with Gasteiger partial charge in [0, 0.05) is 6.54 Å². The van der Waals surface area contributed by atoms with E-state index in [2.05, 4.69) is 0 Å². The third-order valence-corrected chi connectivity index (χ3v) is 2.46. The number of hydrogen-bond acceptors (Lipinski definition) is 3. The van der Waals surface area contributed by atoms with Gasteiger partial charge in [0.25, 0.3) is 0 Å². The quantitative estimate of drug-likeness (QED) is 0.710. The van der Waals surface area contributed by atoms with Crippen molar-refractivity contribution in [1.29, 1.82) is 0 Å². The number of carbonyl (C=O) groups excluding carboxylic acids is 1. The first-order valence-electron chi connectivity index (χ1n) is 5.39. The fraction of sp³-hybridized carbons (Fsp3) is 0.417. The molecular weight excluding hydrogens is 206 g/mol. The summed E-state index contributed by atoms with van der Waals surface area (Å²) in [6.45, 7) is 2.91. The molecule has 4 nitrogen and oxygen atoms in total. The summed E-state index contributed by atoms with van der Waals surface area (Å²) in [6.07, 6.45) is -0.233. The highest BCUT2D eigenvalue weighted by atomic mass is 16.6. The molecule has 1 aromatic rings. The average molecular weight is 221 g/mol. The van der Waals surface area contributed by atoms with Crippen LogP contribution in [0.5, 0.6) is 0 Å². The van der Waals surface area contributed by atoms with Crippen LogP contribution in [0.1, 0.15) is 5.56 Å². The standard InChI is InChI=1S/C12H15NO3/c14-12-13(7-9-16-12)6-8-15-10-11-4-2-1-3-5-11/h1-5H,6-10H2. The normalized spacial score (nSPS) is 15.2. The molecule has 0 bridgehead atoms. The summed E-state index contributed by atoms with van der Waals surface area (Å²) in [7, 11) is 0. The molecule has 0 aromatic heterocycles. The number of amides is 1. The largest absolute Gasteiger partial charge is 0.448 e. The van der Waals surface area contributed by atoms with Crippen molar-refractivity contribution in [3.05, 3.63) is 35.9 Å². The van der Waals surface area contributed by atoms with Crippen LogP contribution in [0, 0.1) is 0 Å². The molecule has 0 atom stereocenters. The summed E-state index contributed by atoms with van der Waals surface area (Å²) in [5, 5.41) is 0. The van der Waals surface area contributed by atoms with Crippen molar-refractivity contribution in [3.63, 3.8) is 0 Å². The van der Waals surface area contributed by atoms with E-state index < -0.39 is 0 Å². The van der Waals surface area contributed by atoms with Crippen LogP contribution in [0.4, 0.5) is 4.79 Å². The summed E-state index contributed by atoms with van der Waals surface area (Å²) in [5.41, 5.74) is 1.14. The number of ether oxygens (including phenoxy) is 2. The minimum absolute atomic E-state index is 0.233. The third kappa shape index (κ3) is 2.97. The Labute approximate surface area is 94.8 Å². The molecule has 1 aromatic carbocycles. The predicted molar refractivity (Wildman–Crippen MR) is 59.0 cm³/mol. The predicted octanol–water partition coefficient (Wildman–Crippen LogP) is 1.66. The number of rotatable bonds is 5. The molecule has 16 heavy (non-hydrogen) atoms. The van der Waals surface area contributed by atoms with E-state index in [4.69, 9.17) is 9.47 Å². The molecule has 2 rings (SSSR count). The van der Waals surface area contributed by atoms with Gasteiger partial charge in [-0.15, -0.1) is 0 Å².